The Morgan fingerprint density at radius 3 is 2.54 bits per heavy atom. The standard InChI is InChI=1S/C22H26N2O2/c1-4-16-10-6-7-12-20(16)23-21(25)18-14-19(18)22(26)24(5-2)17-11-8-9-15(3)13-17/h6-13,18-19H,4-5,14H2,1-3H3,(H,23,25). The molecule has 3 rings (SSSR count). The first-order valence-electron chi connectivity index (χ1n) is 9.32. The molecular formula is C22H26N2O2. The van der Waals surface area contributed by atoms with E-state index in [2.05, 4.69) is 12.2 Å². The van der Waals surface area contributed by atoms with Crippen LogP contribution >= 0.6 is 0 Å². The Kier molecular flexibility index (Phi) is 5.40. The number of amides is 2. The molecule has 1 fully saturated rings. The van der Waals surface area contributed by atoms with E-state index in [1.807, 2.05) is 62.4 Å². The smallest absolute Gasteiger partial charge is 0.230 e. The van der Waals surface area contributed by atoms with Crippen molar-refractivity contribution >= 4 is 23.2 Å². The SMILES string of the molecule is CCc1ccccc1NC(=O)C1CC1C(=O)N(CC)c1cccc(C)c1. The highest BCUT2D eigenvalue weighted by Gasteiger charge is 2.49. The minimum Gasteiger partial charge on any atom is -0.326 e. The third-order valence-electron chi connectivity index (χ3n) is 5.00. The number of anilines is 2. The van der Waals surface area contributed by atoms with E-state index in [1.165, 1.54) is 0 Å². The first kappa shape index (κ1) is 18.2. The number of benzene rings is 2. The van der Waals surface area contributed by atoms with Gasteiger partial charge in [-0.3, -0.25) is 9.59 Å². The topological polar surface area (TPSA) is 49.4 Å². The van der Waals surface area contributed by atoms with E-state index in [1.54, 1.807) is 4.90 Å². The number of rotatable bonds is 6. The Morgan fingerprint density at radius 2 is 1.85 bits per heavy atom. The van der Waals surface area contributed by atoms with E-state index in [4.69, 9.17) is 0 Å². The van der Waals surface area contributed by atoms with Crippen LogP contribution in [0.4, 0.5) is 11.4 Å². The summed E-state index contributed by atoms with van der Waals surface area (Å²) in [5, 5.41) is 3.00. The molecule has 2 aromatic rings. The fourth-order valence-corrected chi connectivity index (χ4v) is 3.40. The van der Waals surface area contributed by atoms with Crippen molar-refractivity contribution in [3.05, 3.63) is 59.7 Å². The lowest BCUT2D eigenvalue weighted by atomic mass is 10.1. The van der Waals surface area contributed by atoms with E-state index in [0.29, 0.717) is 13.0 Å². The second kappa shape index (κ2) is 7.73. The van der Waals surface area contributed by atoms with Crippen LogP contribution in [0.1, 0.15) is 31.4 Å². The number of nitrogens with zero attached hydrogens (tertiary/aromatic N) is 1. The molecule has 0 saturated heterocycles. The molecule has 0 heterocycles. The van der Waals surface area contributed by atoms with Crippen molar-refractivity contribution < 1.29 is 9.59 Å². The van der Waals surface area contributed by atoms with E-state index < -0.39 is 0 Å². The lowest BCUT2D eigenvalue weighted by molar-refractivity contribution is -0.123. The summed E-state index contributed by atoms with van der Waals surface area (Å²) in [6.45, 7) is 6.65. The molecule has 1 saturated carbocycles. The second-order valence-corrected chi connectivity index (χ2v) is 6.87. The molecule has 26 heavy (non-hydrogen) atoms. The minimum atomic E-state index is -0.230. The first-order valence-corrected chi connectivity index (χ1v) is 9.32. The maximum absolute atomic E-state index is 12.9. The molecule has 2 atom stereocenters. The van der Waals surface area contributed by atoms with Gasteiger partial charge in [0.1, 0.15) is 0 Å². The van der Waals surface area contributed by atoms with Crippen molar-refractivity contribution in [2.75, 3.05) is 16.8 Å². The van der Waals surface area contributed by atoms with Crippen molar-refractivity contribution in [1.82, 2.24) is 0 Å². The van der Waals surface area contributed by atoms with Gasteiger partial charge in [0, 0.05) is 17.9 Å². The van der Waals surface area contributed by atoms with Crippen molar-refractivity contribution in [2.24, 2.45) is 11.8 Å². The highest BCUT2D eigenvalue weighted by atomic mass is 16.2. The molecule has 1 aliphatic rings. The van der Waals surface area contributed by atoms with Gasteiger partial charge in [-0.25, -0.2) is 0 Å². The van der Waals surface area contributed by atoms with Gasteiger partial charge in [0.25, 0.3) is 0 Å². The molecule has 1 N–H and O–H groups in total. The molecule has 0 aliphatic heterocycles. The summed E-state index contributed by atoms with van der Waals surface area (Å²) < 4.78 is 0. The third-order valence-corrected chi connectivity index (χ3v) is 5.00. The molecule has 2 unspecified atom stereocenters. The zero-order valence-corrected chi connectivity index (χ0v) is 15.7. The highest BCUT2D eigenvalue weighted by molar-refractivity contribution is 6.04. The van der Waals surface area contributed by atoms with Crippen molar-refractivity contribution in [3.8, 4) is 0 Å². The second-order valence-electron chi connectivity index (χ2n) is 6.87. The summed E-state index contributed by atoms with van der Waals surface area (Å²) in [5.74, 6) is -0.456. The average molecular weight is 350 g/mol. The summed E-state index contributed by atoms with van der Waals surface area (Å²) in [4.78, 5) is 27.2. The van der Waals surface area contributed by atoms with Crippen molar-refractivity contribution in [3.63, 3.8) is 0 Å². The average Bonchev–Trinajstić information content (AvgIpc) is 3.44. The van der Waals surface area contributed by atoms with Gasteiger partial charge in [-0.05, 0) is 56.0 Å². The Hall–Kier alpha value is -2.62. The molecular weight excluding hydrogens is 324 g/mol. The van der Waals surface area contributed by atoms with Gasteiger partial charge in [0.05, 0.1) is 11.8 Å². The minimum absolute atomic E-state index is 0.0435. The Balaban J connectivity index is 1.67. The number of hydrogen-bond donors (Lipinski definition) is 1. The quantitative estimate of drug-likeness (QED) is 0.849. The van der Waals surface area contributed by atoms with Gasteiger partial charge in [0.15, 0.2) is 0 Å². The number of hydrogen-bond acceptors (Lipinski definition) is 2. The zero-order valence-electron chi connectivity index (χ0n) is 15.7. The molecule has 4 nitrogen and oxygen atoms in total. The number of nitrogens with one attached hydrogen (secondary N) is 1. The van der Waals surface area contributed by atoms with Crippen LogP contribution in [0.3, 0.4) is 0 Å². The lowest BCUT2D eigenvalue weighted by Crippen LogP contribution is -2.33. The summed E-state index contributed by atoms with van der Waals surface area (Å²) in [6.07, 6.45) is 1.49. The predicted molar refractivity (Wildman–Crippen MR) is 105 cm³/mol. The maximum Gasteiger partial charge on any atom is 0.230 e. The fourth-order valence-electron chi connectivity index (χ4n) is 3.40. The molecule has 0 aromatic heterocycles. The molecule has 2 aromatic carbocycles. The van der Waals surface area contributed by atoms with Gasteiger partial charge in [-0.1, -0.05) is 37.3 Å². The predicted octanol–water partition coefficient (Wildman–Crippen LogP) is 4.19. The van der Waals surface area contributed by atoms with E-state index in [0.717, 1.165) is 28.9 Å². The number of aryl methyl sites for hydroxylation is 2. The fraction of sp³-hybridized carbons (Fsp3) is 0.364. The molecule has 0 radical (unpaired) electrons. The third kappa shape index (κ3) is 3.79. The Labute approximate surface area is 155 Å². The molecule has 4 heteroatoms. The van der Waals surface area contributed by atoms with Crippen LogP contribution in [0.5, 0.6) is 0 Å². The number of carbonyl (C=O) groups excluding carboxylic acids is 2. The van der Waals surface area contributed by atoms with Crippen LogP contribution in [0, 0.1) is 18.8 Å². The summed E-state index contributed by atoms with van der Waals surface area (Å²) >= 11 is 0. The van der Waals surface area contributed by atoms with Crippen LogP contribution < -0.4 is 10.2 Å². The van der Waals surface area contributed by atoms with Gasteiger partial charge < -0.3 is 10.2 Å². The van der Waals surface area contributed by atoms with E-state index in [-0.39, 0.29) is 23.7 Å². The van der Waals surface area contributed by atoms with Crippen LogP contribution in [-0.4, -0.2) is 18.4 Å². The van der Waals surface area contributed by atoms with Crippen molar-refractivity contribution in [1.29, 1.82) is 0 Å². The Bertz CT molecular complexity index is 815. The highest BCUT2D eigenvalue weighted by Crippen LogP contribution is 2.41. The summed E-state index contributed by atoms with van der Waals surface area (Å²) in [6, 6.07) is 15.8. The summed E-state index contributed by atoms with van der Waals surface area (Å²) in [5.41, 5.74) is 3.98. The van der Waals surface area contributed by atoms with Gasteiger partial charge in [0.2, 0.25) is 11.8 Å². The molecule has 136 valence electrons. The molecule has 0 bridgehead atoms. The number of carbonyl (C=O) groups is 2. The molecule has 0 spiro atoms. The largest absolute Gasteiger partial charge is 0.326 e. The van der Waals surface area contributed by atoms with Crippen LogP contribution in [0.15, 0.2) is 48.5 Å². The molecule has 1 aliphatic carbocycles. The van der Waals surface area contributed by atoms with Crippen LogP contribution in [0.2, 0.25) is 0 Å². The van der Waals surface area contributed by atoms with Crippen LogP contribution in [-0.2, 0) is 16.0 Å². The van der Waals surface area contributed by atoms with Gasteiger partial charge >= 0.3 is 0 Å². The zero-order chi connectivity index (χ0) is 18.7. The van der Waals surface area contributed by atoms with Gasteiger partial charge in [-0.15, -0.1) is 0 Å². The maximum atomic E-state index is 12.9. The molecule has 2 amide bonds. The monoisotopic (exact) mass is 350 g/mol. The van der Waals surface area contributed by atoms with E-state index in [9.17, 15) is 9.59 Å². The first-order chi connectivity index (χ1) is 12.5. The lowest BCUT2D eigenvalue weighted by Gasteiger charge is -2.21. The Morgan fingerprint density at radius 1 is 1.08 bits per heavy atom. The number of para-hydroxylation sites is 1. The van der Waals surface area contributed by atoms with Gasteiger partial charge in [-0.2, -0.15) is 0 Å². The normalized spacial score (nSPS) is 18.3. The van der Waals surface area contributed by atoms with Crippen LogP contribution in [0.25, 0.3) is 0 Å². The van der Waals surface area contributed by atoms with E-state index >= 15 is 0 Å². The summed E-state index contributed by atoms with van der Waals surface area (Å²) in [7, 11) is 0. The van der Waals surface area contributed by atoms with Crippen molar-refractivity contribution in [2.45, 2.75) is 33.6 Å².